The van der Waals surface area contributed by atoms with Crippen LogP contribution in [0.1, 0.15) is 11.5 Å². The summed E-state index contributed by atoms with van der Waals surface area (Å²) >= 11 is 2.22. The average molecular weight is 810 g/mol. The van der Waals surface area contributed by atoms with Gasteiger partial charge in [-0.25, -0.2) is 9.59 Å². The Balaban J connectivity index is 0.00000580. The smallest absolute Gasteiger partial charge is 0.543 e. The Kier molecular flexibility index (Phi) is 13.0. The Labute approximate surface area is 340 Å². The molecule has 21 nitrogen and oxygen atoms in total. The molecule has 5 amide bonds. The SMILES string of the molecule is CO/N=C(\C(=O)N[C@@H]1C(=O)N2C(C(=O)[O-])=C(COC(=O)C3=C(COC(N)=O)CS[C@@H]4[C@H](NC(=O)/C(=N\OC)c5ccco5)C(=O)N34)CS[C@H]12)c1ccco1.[Na+]. The molecular weight excluding hydrogens is 781 g/mol. The first-order valence-electron chi connectivity index (χ1n) is 15.5. The number of carbonyl (C=O) groups is 7. The van der Waals surface area contributed by atoms with Gasteiger partial charge in [0, 0.05) is 22.7 Å². The van der Waals surface area contributed by atoms with Crippen molar-refractivity contribution in [2.75, 3.05) is 38.9 Å². The molecule has 4 atom stereocenters. The second-order valence-electron chi connectivity index (χ2n) is 11.3. The van der Waals surface area contributed by atoms with Crippen LogP contribution in [0.4, 0.5) is 4.79 Å². The van der Waals surface area contributed by atoms with E-state index >= 15 is 0 Å². The number of nitrogens with zero attached hydrogens (tertiary/aromatic N) is 4. The van der Waals surface area contributed by atoms with Crippen LogP contribution in [0.25, 0.3) is 0 Å². The van der Waals surface area contributed by atoms with Gasteiger partial charge >= 0.3 is 41.6 Å². The Bertz CT molecular complexity index is 2020. The number of primary amides is 1. The Hall–Kier alpha value is -5.23. The molecule has 0 aromatic carbocycles. The summed E-state index contributed by atoms with van der Waals surface area (Å²) in [7, 11) is 2.43. The van der Waals surface area contributed by atoms with Gasteiger partial charge in [0.1, 0.15) is 56.0 Å². The van der Waals surface area contributed by atoms with Gasteiger partial charge in [-0.05, 0) is 24.3 Å². The quantitative estimate of drug-likeness (QED) is 0.0529. The summed E-state index contributed by atoms with van der Waals surface area (Å²) in [6.45, 7) is -1.14. The molecule has 4 aliphatic heterocycles. The van der Waals surface area contributed by atoms with Gasteiger partial charge in [0.2, 0.25) is 11.4 Å². The van der Waals surface area contributed by atoms with Crippen molar-refractivity contribution in [2.45, 2.75) is 22.8 Å². The number of thioether (sulfide) groups is 2. The van der Waals surface area contributed by atoms with Crippen molar-refractivity contribution >= 4 is 76.6 Å². The van der Waals surface area contributed by atoms with E-state index in [1.54, 1.807) is 0 Å². The second kappa shape index (κ2) is 17.5. The number of hydrogen-bond donors (Lipinski definition) is 3. The topological polar surface area (TPSA) is 287 Å². The van der Waals surface area contributed by atoms with Gasteiger partial charge < -0.3 is 54.3 Å². The summed E-state index contributed by atoms with van der Waals surface area (Å²) < 4.78 is 20.8. The van der Waals surface area contributed by atoms with E-state index in [-0.39, 0.29) is 80.9 Å². The Morgan fingerprint density at radius 1 is 0.818 bits per heavy atom. The molecule has 2 fully saturated rings. The van der Waals surface area contributed by atoms with Gasteiger partial charge in [0.05, 0.1) is 24.2 Å². The predicted octanol–water partition coefficient (Wildman–Crippen LogP) is -5.03. The van der Waals surface area contributed by atoms with Crippen molar-refractivity contribution in [3.05, 3.63) is 70.9 Å². The fourth-order valence-electron chi connectivity index (χ4n) is 5.77. The second-order valence-corrected chi connectivity index (χ2v) is 13.5. The minimum absolute atomic E-state index is 0. The van der Waals surface area contributed by atoms with Crippen molar-refractivity contribution in [1.82, 2.24) is 20.4 Å². The number of ether oxygens (including phenoxy) is 2. The zero-order valence-corrected chi connectivity index (χ0v) is 32.6. The Morgan fingerprint density at radius 3 is 1.69 bits per heavy atom. The van der Waals surface area contributed by atoms with Gasteiger partial charge in [0.15, 0.2) is 11.5 Å². The molecule has 0 radical (unpaired) electrons. The fraction of sp³-hybridized carbons (Fsp3) is 0.323. The van der Waals surface area contributed by atoms with Crippen LogP contribution in [0, 0.1) is 0 Å². The standard InChI is InChI=1S/C31H29N7O14S2.Na/c1-47-35-17(15-5-3-7-49-15)23(39)33-19-25(41)37-21(29(43)44)13(11-53-27(19)37)9-51-30(45)22-14(10-52-31(32)46)12-54-28-20(26(42)38(22)28)34-24(40)18(36-48-2)16-6-4-8-50-16;/h3-8,19-20,27-28H,9-12H2,1-2H3,(H2,32,46)(H,33,39)(H,34,40)(H,43,44);/q;+1/p-1/b35-17-,36-18-;/t19-,20-,27-,28-;/m1./s1. The first-order chi connectivity index (χ1) is 26.0. The zero-order valence-electron chi connectivity index (χ0n) is 29.0. The first kappa shape index (κ1) is 40.9. The molecule has 0 spiro atoms. The average Bonchev–Trinajstić information content (AvgIpc) is 3.90. The number of esters is 1. The number of carboxylic acid groups (broad SMARTS) is 1. The summed E-state index contributed by atoms with van der Waals surface area (Å²) in [6, 6.07) is 3.65. The molecule has 0 saturated carbocycles. The minimum Gasteiger partial charge on any atom is -0.543 e. The Morgan fingerprint density at radius 2 is 1.27 bits per heavy atom. The van der Waals surface area contributed by atoms with Gasteiger partial charge in [-0.15, -0.1) is 23.5 Å². The van der Waals surface area contributed by atoms with Gasteiger partial charge in [-0.2, -0.15) is 0 Å². The van der Waals surface area contributed by atoms with Crippen molar-refractivity contribution in [3.8, 4) is 0 Å². The molecule has 2 aromatic rings. The third-order valence-electron chi connectivity index (χ3n) is 8.12. The third-order valence-corrected chi connectivity index (χ3v) is 10.8. The fourth-order valence-corrected chi connectivity index (χ4v) is 8.42. The molecule has 4 N–H and O–H groups in total. The number of β-lactam (4-membered cyclic amide) rings is 2. The summed E-state index contributed by atoms with van der Waals surface area (Å²) in [5, 5.41) is 23.0. The molecule has 24 heteroatoms. The molecule has 284 valence electrons. The number of carboxylic acids is 1. The molecule has 4 aliphatic rings. The maximum absolute atomic E-state index is 13.7. The van der Waals surface area contributed by atoms with Gasteiger partial charge in [-0.1, -0.05) is 10.3 Å². The van der Waals surface area contributed by atoms with Crippen molar-refractivity contribution in [3.63, 3.8) is 0 Å². The van der Waals surface area contributed by atoms with E-state index in [9.17, 15) is 38.7 Å². The number of fused-ring (bicyclic) bond motifs is 2. The maximum atomic E-state index is 13.7. The van der Waals surface area contributed by atoms with E-state index in [4.69, 9.17) is 33.7 Å². The molecule has 2 saturated heterocycles. The molecule has 0 bridgehead atoms. The summed E-state index contributed by atoms with van der Waals surface area (Å²) in [5.41, 5.74) is 3.88. The number of rotatable bonds is 14. The number of carbonyl (C=O) groups excluding carboxylic acids is 7. The number of aliphatic carboxylic acids is 1. The number of hydrogen-bond acceptors (Lipinski definition) is 18. The van der Waals surface area contributed by atoms with Crippen LogP contribution in [0.3, 0.4) is 0 Å². The van der Waals surface area contributed by atoms with Crippen molar-refractivity contribution in [2.24, 2.45) is 16.0 Å². The van der Waals surface area contributed by atoms with Crippen LogP contribution in [0.15, 0.2) is 78.5 Å². The molecule has 0 aliphatic carbocycles. The van der Waals surface area contributed by atoms with Crippen LogP contribution in [-0.4, -0.2) is 125 Å². The number of amides is 5. The largest absolute Gasteiger partial charge is 1.00 e. The van der Waals surface area contributed by atoms with E-state index in [2.05, 4.69) is 20.9 Å². The van der Waals surface area contributed by atoms with Crippen molar-refractivity contribution < 1.29 is 96.2 Å². The first-order valence-corrected chi connectivity index (χ1v) is 17.6. The summed E-state index contributed by atoms with van der Waals surface area (Å²) in [4.78, 5) is 102. The van der Waals surface area contributed by atoms with Gasteiger partial charge in [0.25, 0.3) is 23.6 Å². The number of furan rings is 2. The summed E-state index contributed by atoms with van der Waals surface area (Å²) in [5.74, 6) is -5.88. The number of oxime groups is 2. The van der Waals surface area contributed by atoms with Crippen LogP contribution in [0.2, 0.25) is 0 Å². The van der Waals surface area contributed by atoms with Crippen molar-refractivity contribution in [1.29, 1.82) is 0 Å². The van der Waals surface area contributed by atoms with E-state index in [0.717, 1.165) is 33.3 Å². The maximum Gasteiger partial charge on any atom is 1.00 e. The molecule has 6 rings (SSSR count). The molecule has 6 heterocycles. The monoisotopic (exact) mass is 809 g/mol. The predicted molar refractivity (Wildman–Crippen MR) is 180 cm³/mol. The number of nitrogens with one attached hydrogen (secondary N) is 2. The van der Waals surface area contributed by atoms with E-state index < -0.39 is 83.4 Å². The van der Waals surface area contributed by atoms with Crippen LogP contribution in [-0.2, 0) is 47.9 Å². The molecule has 2 aromatic heterocycles. The molecule has 55 heavy (non-hydrogen) atoms. The van der Waals surface area contributed by atoms with E-state index in [0.29, 0.717) is 0 Å². The van der Waals surface area contributed by atoms with E-state index in [1.807, 2.05) is 0 Å². The number of nitrogens with two attached hydrogens (primary N) is 1. The van der Waals surface area contributed by atoms with E-state index in [1.165, 1.54) is 51.0 Å². The third kappa shape index (κ3) is 8.10. The summed E-state index contributed by atoms with van der Waals surface area (Å²) in [6.07, 6.45) is 1.47. The van der Waals surface area contributed by atoms with Crippen LogP contribution >= 0.6 is 23.5 Å². The van der Waals surface area contributed by atoms with Crippen LogP contribution in [0.5, 0.6) is 0 Å². The zero-order chi connectivity index (χ0) is 38.7. The van der Waals surface area contributed by atoms with Crippen LogP contribution < -0.4 is 51.0 Å². The van der Waals surface area contributed by atoms with Gasteiger partial charge in [-0.3, -0.25) is 29.0 Å². The molecule has 0 unspecified atom stereocenters. The minimum atomic E-state index is -1.74. The normalized spacial score (nSPS) is 21.9. The molecular formula is C31H28N7NaO14S2.